The van der Waals surface area contributed by atoms with Gasteiger partial charge >= 0.3 is 0 Å². The molecule has 0 aliphatic carbocycles. The van der Waals surface area contributed by atoms with Crippen LogP contribution in [0.15, 0.2) is 18.2 Å². The first-order valence-electron chi connectivity index (χ1n) is 5.79. The van der Waals surface area contributed by atoms with Gasteiger partial charge in [0.15, 0.2) is 0 Å². The molecule has 0 radical (unpaired) electrons. The van der Waals surface area contributed by atoms with Gasteiger partial charge in [-0.05, 0) is 31.0 Å². The predicted octanol–water partition coefficient (Wildman–Crippen LogP) is 2.42. The number of benzene rings is 1. The van der Waals surface area contributed by atoms with Crippen LogP contribution in [0.25, 0.3) is 0 Å². The van der Waals surface area contributed by atoms with Crippen molar-refractivity contribution in [2.75, 3.05) is 13.1 Å². The average molecular weight is 265 g/mol. The SMILES string of the molecule is N#CC1CCCN(C(=O)c2cc(O)ccc2Cl)C1. The van der Waals surface area contributed by atoms with Crippen LogP contribution in [0.5, 0.6) is 5.75 Å². The fraction of sp³-hybridized carbons (Fsp3) is 0.385. The molecule has 94 valence electrons. The van der Waals surface area contributed by atoms with E-state index >= 15 is 0 Å². The molecule has 18 heavy (non-hydrogen) atoms. The van der Waals surface area contributed by atoms with E-state index in [2.05, 4.69) is 6.07 Å². The van der Waals surface area contributed by atoms with Gasteiger partial charge in [0.25, 0.3) is 5.91 Å². The third-order valence-electron chi connectivity index (χ3n) is 3.07. The minimum Gasteiger partial charge on any atom is -0.508 e. The molecule has 1 fully saturated rings. The average Bonchev–Trinajstić information content (AvgIpc) is 2.41. The molecule has 1 saturated heterocycles. The summed E-state index contributed by atoms with van der Waals surface area (Å²) in [5.41, 5.74) is 0.287. The van der Waals surface area contributed by atoms with E-state index in [0.717, 1.165) is 12.8 Å². The summed E-state index contributed by atoms with van der Waals surface area (Å²) in [6.07, 6.45) is 1.65. The second-order valence-electron chi connectivity index (χ2n) is 4.38. The van der Waals surface area contributed by atoms with Crippen molar-refractivity contribution in [3.8, 4) is 11.8 Å². The summed E-state index contributed by atoms with van der Waals surface area (Å²) in [5.74, 6) is -0.328. The third-order valence-corrected chi connectivity index (χ3v) is 3.40. The summed E-state index contributed by atoms with van der Waals surface area (Å²) in [7, 11) is 0. The number of phenols is 1. The molecule has 0 aromatic heterocycles. The molecular formula is C13H13ClN2O2. The Hall–Kier alpha value is -1.73. The molecule has 1 amide bonds. The van der Waals surface area contributed by atoms with E-state index in [1.54, 1.807) is 4.90 Å². The third kappa shape index (κ3) is 2.57. The molecule has 1 atom stereocenters. The van der Waals surface area contributed by atoms with Crippen molar-refractivity contribution < 1.29 is 9.90 Å². The maximum Gasteiger partial charge on any atom is 0.255 e. The summed E-state index contributed by atoms with van der Waals surface area (Å²) in [6.45, 7) is 1.06. The van der Waals surface area contributed by atoms with Gasteiger partial charge in [-0.1, -0.05) is 11.6 Å². The molecule has 2 rings (SSSR count). The number of carbonyl (C=O) groups excluding carboxylic acids is 1. The molecular weight excluding hydrogens is 252 g/mol. The van der Waals surface area contributed by atoms with Crippen molar-refractivity contribution in [3.05, 3.63) is 28.8 Å². The number of phenolic OH excluding ortho intramolecular Hbond substituents is 1. The lowest BCUT2D eigenvalue weighted by Crippen LogP contribution is -2.39. The van der Waals surface area contributed by atoms with Gasteiger partial charge in [0, 0.05) is 13.1 Å². The monoisotopic (exact) mass is 264 g/mol. The van der Waals surface area contributed by atoms with E-state index in [9.17, 15) is 9.90 Å². The van der Waals surface area contributed by atoms with Crippen molar-refractivity contribution >= 4 is 17.5 Å². The van der Waals surface area contributed by atoms with Gasteiger partial charge < -0.3 is 10.0 Å². The highest BCUT2D eigenvalue weighted by molar-refractivity contribution is 6.33. The second-order valence-corrected chi connectivity index (χ2v) is 4.79. The molecule has 5 heteroatoms. The van der Waals surface area contributed by atoms with Gasteiger partial charge in [0.1, 0.15) is 5.75 Å². The number of halogens is 1. The smallest absolute Gasteiger partial charge is 0.255 e. The van der Waals surface area contributed by atoms with Crippen LogP contribution < -0.4 is 0 Å². The summed E-state index contributed by atoms with van der Waals surface area (Å²) in [5, 5.41) is 18.6. The lowest BCUT2D eigenvalue weighted by molar-refractivity contribution is 0.0698. The Kier molecular flexibility index (Phi) is 3.73. The van der Waals surface area contributed by atoms with Crippen LogP contribution in [0, 0.1) is 17.2 Å². The quantitative estimate of drug-likeness (QED) is 0.847. The summed E-state index contributed by atoms with van der Waals surface area (Å²) < 4.78 is 0. The number of hydrogen-bond acceptors (Lipinski definition) is 3. The van der Waals surface area contributed by atoms with Gasteiger partial charge in [-0.25, -0.2) is 0 Å². The first-order chi connectivity index (χ1) is 8.61. The molecule has 0 saturated carbocycles. The number of amides is 1. The number of aromatic hydroxyl groups is 1. The highest BCUT2D eigenvalue weighted by Crippen LogP contribution is 2.25. The molecule has 4 nitrogen and oxygen atoms in total. The Balaban J connectivity index is 2.21. The lowest BCUT2D eigenvalue weighted by atomic mass is 9.99. The van der Waals surface area contributed by atoms with Gasteiger partial charge in [0.2, 0.25) is 0 Å². The van der Waals surface area contributed by atoms with Crippen molar-refractivity contribution in [1.82, 2.24) is 4.90 Å². The van der Waals surface area contributed by atoms with Crippen molar-refractivity contribution in [1.29, 1.82) is 5.26 Å². The molecule has 1 aromatic carbocycles. The van der Waals surface area contributed by atoms with E-state index in [1.165, 1.54) is 18.2 Å². The zero-order valence-electron chi connectivity index (χ0n) is 9.77. The van der Waals surface area contributed by atoms with E-state index in [4.69, 9.17) is 16.9 Å². The first kappa shape index (κ1) is 12.7. The minimum atomic E-state index is -0.226. The fourth-order valence-electron chi connectivity index (χ4n) is 2.11. The van der Waals surface area contributed by atoms with Crippen LogP contribution in [-0.2, 0) is 0 Å². The maximum atomic E-state index is 12.3. The molecule has 1 aromatic rings. The van der Waals surface area contributed by atoms with Crippen LogP contribution in [0.1, 0.15) is 23.2 Å². The number of nitrogens with zero attached hydrogens (tertiary/aromatic N) is 2. The molecule has 1 N–H and O–H groups in total. The summed E-state index contributed by atoms with van der Waals surface area (Å²) in [6, 6.07) is 6.49. The van der Waals surface area contributed by atoms with Crippen LogP contribution in [0.4, 0.5) is 0 Å². The van der Waals surface area contributed by atoms with Crippen LogP contribution in [0.2, 0.25) is 5.02 Å². The normalized spacial score (nSPS) is 19.3. The Bertz CT molecular complexity index is 510. The van der Waals surface area contributed by atoms with Gasteiger partial charge in [0.05, 0.1) is 22.6 Å². The van der Waals surface area contributed by atoms with Gasteiger partial charge in [-0.15, -0.1) is 0 Å². The molecule has 1 unspecified atom stereocenters. The number of likely N-dealkylation sites (tertiary alicyclic amines) is 1. The van der Waals surface area contributed by atoms with E-state index in [1.807, 2.05) is 0 Å². The molecule has 1 aliphatic heterocycles. The van der Waals surface area contributed by atoms with E-state index < -0.39 is 0 Å². The van der Waals surface area contributed by atoms with Crippen LogP contribution in [0.3, 0.4) is 0 Å². The molecule has 0 bridgehead atoms. The van der Waals surface area contributed by atoms with Gasteiger partial charge in [-0.3, -0.25) is 4.79 Å². The lowest BCUT2D eigenvalue weighted by Gasteiger charge is -2.29. The fourth-order valence-corrected chi connectivity index (χ4v) is 2.31. The summed E-state index contributed by atoms with van der Waals surface area (Å²) in [4.78, 5) is 13.9. The van der Waals surface area contributed by atoms with Crippen molar-refractivity contribution in [2.45, 2.75) is 12.8 Å². The zero-order chi connectivity index (χ0) is 13.1. The second kappa shape index (κ2) is 5.28. The number of nitriles is 1. The minimum absolute atomic E-state index is 0.0107. The molecule has 0 spiro atoms. The highest BCUT2D eigenvalue weighted by atomic mass is 35.5. The number of hydrogen-bond donors (Lipinski definition) is 1. The van der Waals surface area contributed by atoms with Crippen LogP contribution in [-0.4, -0.2) is 29.0 Å². The largest absolute Gasteiger partial charge is 0.508 e. The Morgan fingerprint density at radius 2 is 2.33 bits per heavy atom. The standard InChI is InChI=1S/C13H13ClN2O2/c14-12-4-3-10(17)6-11(12)13(18)16-5-1-2-9(7-15)8-16/h3-4,6,9,17H,1-2,5,8H2. The Morgan fingerprint density at radius 1 is 1.56 bits per heavy atom. The molecule has 1 aliphatic rings. The van der Waals surface area contributed by atoms with Crippen molar-refractivity contribution in [2.24, 2.45) is 5.92 Å². The number of carbonyl (C=O) groups is 1. The first-order valence-corrected chi connectivity index (χ1v) is 6.17. The zero-order valence-corrected chi connectivity index (χ0v) is 10.5. The summed E-state index contributed by atoms with van der Waals surface area (Å²) >= 11 is 5.96. The Morgan fingerprint density at radius 3 is 3.06 bits per heavy atom. The van der Waals surface area contributed by atoms with E-state index in [0.29, 0.717) is 18.1 Å². The predicted molar refractivity (Wildman–Crippen MR) is 67.4 cm³/mol. The van der Waals surface area contributed by atoms with Crippen molar-refractivity contribution in [3.63, 3.8) is 0 Å². The Labute approximate surface area is 110 Å². The number of piperidine rings is 1. The molecule has 1 heterocycles. The van der Waals surface area contributed by atoms with Gasteiger partial charge in [-0.2, -0.15) is 5.26 Å². The topological polar surface area (TPSA) is 64.3 Å². The maximum absolute atomic E-state index is 12.3. The van der Waals surface area contributed by atoms with Crippen LogP contribution >= 0.6 is 11.6 Å². The van der Waals surface area contributed by atoms with E-state index in [-0.39, 0.29) is 23.1 Å². The highest BCUT2D eigenvalue weighted by Gasteiger charge is 2.25. The number of rotatable bonds is 1.